The van der Waals surface area contributed by atoms with Crippen molar-refractivity contribution in [2.75, 3.05) is 9.80 Å². The Bertz CT molecular complexity index is 8740. The number of hydrogen-bond donors (Lipinski definition) is 0. The van der Waals surface area contributed by atoms with Crippen molar-refractivity contribution in [1.29, 1.82) is 0 Å². The Labute approximate surface area is 878 Å². The minimum absolute atomic E-state index is 0.640. The predicted molar refractivity (Wildman–Crippen MR) is 631 cm³/mol. The molecule has 0 saturated carbocycles. The second-order valence-electron chi connectivity index (χ2n) is 39.1. The summed E-state index contributed by atoms with van der Waals surface area (Å²) in [4.78, 5) is 4.94. The van der Waals surface area contributed by atoms with Crippen LogP contribution in [0.5, 0.6) is 0 Å². The largest absolute Gasteiger partial charge is 0.456 e. The third-order valence-electron chi connectivity index (χ3n) is 30.8. The van der Waals surface area contributed by atoms with E-state index in [0.717, 1.165) is 89.4 Å². The van der Waals surface area contributed by atoms with Crippen LogP contribution in [0.3, 0.4) is 0 Å². The number of hydrogen-bond acceptors (Lipinski definition) is 4. The summed E-state index contributed by atoms with van der Waals surface area (Å²) in [6.45, 7) is 0. The standard InChI is InChI=1S/C73H49NO.C73H49NS/c2*1-4-16-50(17-5-1)53-28-30-57(31-29-53)63-22-11-14-26-70(63)74(61-43-36-56(37-44-61)58-38-47-72-67(48-58)66-24-12-15-27-71(66)75-72)62-45-46-65-64-23-10-13-25-68(64)73(69(65)49-62,59-39-32-54(33-40-59)51-18-6-2-7-19-51)60-41-34-55(35-42-60)52-20-8-3-9-21-52/h2*1-49H. The normalized spacial score (nSPS) is 12.4. The number of thiophene rings is 1. The number of fused-ring (bicyclic) bond motifs is 12. The van der Waals surface area contributed by atoms with E-state index in [1.54, 1.807) is 0 Å². The van der Waals surface area contributed by atoms with E-state index in [0.29, 0.717) is 0 Å². The first-order valence-electron chi connectivity index (χ1n) is 51.6. The molecule has 0 aliphatic heterocycles. The van der Waals surface area contributed by atoms with Gasteiger partial charge < -0.3 is 14.2 Å². The Kier molecular flexibility index (Phi) is 23.0. The van der Waals surface area contributed by atoms with E-state index in [2.05, 4.69) is 592 Å². The minimum Gasteiger partial charge on any atom is -0.456 e. The Morgan fingerprint density at radius 2 is 0.400 bits per heavy atom. The third-order valence-corrected chi connectivity index (χ3v) is 32.0. The average Bonchev–Trinajstić information content (AvgIpc) is 1.53. The van der Waals surface area contributed by atoms with Gasteiger partial charge in [0.05, 0.1) is 22.2 Å². The van der Waals surface area contributed by atoms with E-state index >= 15 is 0 Å². The van der Waals surface area contributed by atoms with Crippen molar-refractivity contribution >= 4 is 87.6 Å². The minimum atomic E-state index is -0.648. The van der Waals surface area contributed by atoms with Crippen molar-refractivity contribution in [2.45, 2.75) is 10.8 Å². The van der Waals surface area contributed by atoms with E-state index < -0.39 is 10.8 Å². The van der Waals surface area contributed by atoms with Crippen LogP contribution in [0.25, 0.3) is 176 Å². The molecule has 0 spiro atoms. The first kappa shape index (κ1) is 89.7. The lowest BCUT2D eigenvalue weighted by atomic mass is 9.67. The molecule has 24 aromatic carbocycles. The third kappa shape index (κ3) is 16.0. The molecule has 0 N–H and O–H groups in total. The van der Waals surface area contributed by atoms with E-state index in [-0.39, 0.29) is 0 Å². The molecule has 2 aromatic heterocycles. The van der Waals surface area contributed by atoms with E-state index in [4.69, 9.17) is 4.42 Å². The van der Waals surface area contributed by atoms with Gasteiger partial charge in [-0.05, 0) is 264 Å². The fraction of sp³-hybridized carbons (Fsp3) is 0.0137. The molecule has 150 heavy (non-hydrogen) atoms. The van der Waals surface area contributed by atoms with Crippen LogP contribution in [0.2, 0.25) is 0 Å². The lowest BCUT2D eigenvalue weighted by molar-refractivity contribution is 0.669. The van der Waals surface area contributed by atoms with Gasteiger partial charge in [-0.25, -0.2) is 0 Å². The molecule has 0 unspecified atom stereocenters. The summed E-state index contributed by atoms with van der Waals surface area (Å²) in [7, 11) is 0. The van der Waals surface area contributed by atoms with Gasteiger partial charge in [0.1, 0.15) is 11.2 Å². The first-order valence-corrected chi connectivity index (χ1v) is 52.4. The first-order chi connectivity index (χ1) is 74.3. The van der Waals surface area contributed by atoms with Crippen molar-refractivity contribution in [3.8, 4) is 134 Å². The van der Waals surface area contributed by atoms with Crippen LogP contribution < -0.4 is 9.80 Å². The molecule has 0 amide bonds. The zero-order valence-electron chi connectivity index (χ0n) is 82.3. The number of anilines is 6. The zero-order valence-corrected chi connectivity index (χ0v) is 83.1. The fourth-order valence-corrected chi connectivity index (χ4v) is 24.7. The van der Waals surface area contributed by atoms with Crippen LogP contribution in [0.15, 0.2) is 599 Å². The van der Waals surface area contributed by atoms with Crippen LogP contribution in [0.1, 0.15) is 44.5 Å². The summed E-state index contributed by atoms with van der Waals surface area (Å²) < 4.78 is 8.86. The van der Waals surface area contributed by atoms with Crippen LogP contribution >= 0.6 is 11.3 Å². The second-order valence-corrected chi connectivity index (χ2v) is 40.2. The molecule has 2 aliphatic carbocycles. The summed E-state index contributed by atoms with van der Waals surface area (Å²) in [5, 5.41) is 4.86. The van der Waals surface area contributed by atoms with Crippen molar-refractivity contribution < 1.29 is 4.42 Å². The molecule has 0 atom stereocenters. The van der Waals surface area contributed by atoms with Gasteiger partial charge >= 0.3 is 0 Å². The van der Waals surface area contributed by atoms with Crippen molar-refractivity contribution in [1.82, 2.24) is 0 Å². The highest BCUT2D eigenvalue weighted by Gasteiger charge is 2.49. The predicted octanol–water partition coefficient (Wildman–Crippen LogP) is 40.0. The molecule has 4 heteroatoms. The molecular weight excluding hydrogens is 1830 g/mol. The Hall–Kier alpha value is -19.1. The lowest BCUT2D eigenvalue weighted by Gasteiger charge is -2.35. The topological polar surface area (TPSA) is 19.6 Å². The number of para-hydroxylation sites is 3. The van der Waals surface area contributed by atoms with E-state index in [1.165, 1.54) is 165 Å². The average molecular weight is 1930 g/mol. The van der Waals surface area contributed by atoms with Crippen molar-refractivity contribution in [3.05, 3.63) is 639 Å². The molecule has 2 heterocycles. The number of benzene rings is 24. The quantitative estimate of drug-likeness (QED) is 0.0758. The maximum Gasteiger partial charge on any atom is 0.135 e. The van der Waals surface area contributed by atoms with Crippen molar-refractivity contribution in [3.63, 3.8) is 0 Å². The second kappa shape index (κ2) is 38.5. The highest BCUT2D eigenvalue weighted by molar-refractivity contribution is 7.25. The van der Waals surface area contributed by atoms with Gasteiger partial charge in [-0.2, -0.15) is 0 Å². The molecule has 0 saturated heterocycles. The van der Waals surface area contributed by atoms with E-state index in [9.17, 15) is 0 Å². The van der Waals surface area contributed by atoms with Crippen LogP contribution in [0.4, 0.5) is 34.1 Å². The summed E-state index contributed by atoms with van der Waals surface area (Å²) >= 11 is 1.86. The summed E-state index contributed by atoms with van der Waals surface area (Å²) in [6.07, 6.45) is 0. The zero-order chi connectivity index (χ0) is 99.4. The van der Waals surface area contributed by atoms with Crippen molar-refractivity contribution in [2.24, 2.45) is 0 Å². The highest BCUT2D eigenvalue weighted by atomic mass is 32.1. The van der Waals surface area contributed by atoms with Gasteiger partial charge in [-0.1, -0.05) is 497 Å². The molecule has 2 aliphatic rings. The van der Waals surface area contributed by atoms with Gasteiger partial charge in [-0.15, -0.1) is 11.3 Å². The monoisotopic (exact) mass is 1930 g/mol. The molecule has 704 valence electrons. The van der Waals surface area contributed by atoms with Crippen LogP contribution in [-0.4, -0.2) is 0 Å². The summed E-state index contributed by atoms with van der Waals surface area (Å²) in [6, 6.07) is 218. The van der Waals surface area contributed by atoms with Crippen LogP contribution in [0, 0.1) is 0 Å². The maximum absolute atomic E-state index is 6.23. The van der Waals surface area contributed by atoms with Gasteiger partial charge in [0, 0.05) is 64.8 Å². The SMILES string of the molecule is c1ccc(-c2ccc(-c3ccccc3N(c3ccc(-c4ccc5oc6ccccc6c5c4)cc3)c3ccc4c(c3)C(c3ccc(-c5ccccc5)cc3)(c3ccc(-c5ccccc5)cc3)c3ccccc3-4)cc2)cc1.c1ccc(-c2ccc(-c3ccccc3N(c3ccc(-c4ccc5sc6ccccc6c5c4)cc3)c3ccc4c(c3)C(c3ccc(-c5ccccc5)cc3)(c3ccc(-c5ccccc5)cc3)c3ccccc3-4)cc2)cc1. The molecule has 28 rings (SSSR count). The Balaban J connectivity index is 0.000000148. The number of nitrogens with zero attached hydrogens (tertiary/aromatic N) is 2. The molecule has 26 aromatic rings. The molecule has 3 nitrogen and oxygen atoms in total. The lowest BCUT2D eigenvalue weighted by Crippen LogP contribution is -2.29. The summed E-state index contributed by atoms with van der Waals surface area (Å²) in [5.74, 6) is 0. The van der Waals surface area contributed by atoms with Gasteiger partial charge in [0.15, 0.2) is 0 Å². The van der Waals surface area contributed by atoms with Gasteiger partial charge in [0.25, 0.3) is 0 Å². The summed E-state index contributed by atoms with van der Waals surface area (Å²) in [5.41, 5.74) is 45.5. The molecule has 0 fully saturated rings. The molecule has 0 bridgehead atoms. The smallest absolute Gasteiger partial charge is 0.135 e. The van der Waals surface area contributed by atoms with E-state index in [1.807, 2.05) is 23.5 Å². The van der Waals surface area contributed by atoms with Gasteiger partial charge in [0.2, 0.25) is 0 Å². The van der Waals surface area contributed by atoms with Crippen LogP contribution in [-0.2, 0) is 10.8 Å². The number of furan rings is 1. The highest BCUT2D eigenvalue weighted by Crippen LogP contribution is 2.61. The van der Waals surface area contributed by atoms with Gasteiger partial charge in [-0.3, -0.25) is 0 Å². The fourth-order valence-electron chi connectivity index (χ4n) is 23.6. The molecular formula is C146H98N2OS. The Morgan fingerprint density at radius 3 is 0.787 bits per heavy atom. The molecule has 0 radical (unpaired) electrons. The number of rotatable bonds is 20. The Morgan fingerprint density at radius 1 is 0.147 bits per heavy atom. The maximum atomic E-state index is 6.23.